The molecule has 1 aromatic heterocycles. The fraction of sp³-hybridized carbons (Fsp3) is 0.333. The van der Waals surface area contributed by atoms with Crippen molar-refractivity contribution in [2.45, 2.75) is 19.1 Å². The average molecular weight is 474 g/mol. The summed E-state index contributed by atoms with van der Waals surface area (Å²) in [6.45, 7) is 1.76. The third kappa shape index (κ3) is 5.52. The molecule has 1 fully saturated rings. The van der Waals surface area contributed by atoms with Gasteiger partial charge >= 0.3 is 0 Å². The second-order valence-corrected chi connectivity index (χ2v) is 5.82. The molecular weight excluding hydrogens is 453 g/mol. The fourth-order valence-corrected chi connectivity index (χ4v) is 2.83. The highest BCUT2D eigenvalue weighted by Gasteiger charge is 2.26. The summed E-state index contributed by atoms with van der Waals surface area (Å²) < 4.78 is 32.4. The van der Waals surface area contributed by atoms with Crippen molar-refractivity contribution in [2.75, 3.05) is 20.1 Å². The molecule has 0 amide bonds. The second-order valence-electron chi connectivity index (χ2n) is 5.82. The molecule has 1 saturated heterocycles. The molecule has 8 heteroatoms. The van der Waals surface area contributed by atoms with Crippen LogP contribution in [0.1, 0.15) is 12.0 Å². The zero-order chi connectivity index (χ0) is 17.6. The van der Waals surface area contributed by atoms with E-state index in [1.54, 1.807) is 13.2 Å². The Morgan fingerprint density at radius 3 is 2.73 bits per heavy atom. The van der Waals surface area contributed by atoms with Gasteiger partial charge in [-0.2, -0.15) is 0 Å². The molecule has 0 radical (unpaired) electrons. The molecule has 2 heterocycles. The van der Waals surface area contributed by atoms with Crippen molar-refractivity contribution in [1.82, 2.24) is 15.2 Å². The van der Waals surface area contributed by atoms with E-state index < -0.39 is 11.6 Å². The van der Waals surface area contributed by atoms with Crippen LogP contribution < -0.4 is 10.1 Å². The Labute approximate surface area is 168 Å². The van der Waals surface area contributed by atoms with E-state index in [2.05, 4.69) is 20.2 Å². The van der Waals surface area contributed by atoms with Crippen molar-refractivity contribution < 1.29 is 13.5 Å². The Bertz CT molecular complexity index is 725. The molecular formula is C18H21F2IN4O. The summed E-state index contributed by atoms with van der Waals surface area (Å²) in [6.07, 6.45) is 2.58. The number of ether oxygens (including phenoxy) is 1. The number of aliphatic imine (C=N–C) groups is 1. The zero-order valence-electron chi connectivity index (χ0n) is 14.4. The molecule has 26 heavy (non-hydrogen) atoms. The molecule has 2 aromatic rings. The number of halogens is 3. The Balaban J connectivity index is 0.00000243. The van der Waals surface area contributed by atoms with Gasteiger partial charge in [-0.3, -0.25) is 4.99 Å². The molecule has 1 N–H and O–H groups in total. The molecule has 5 nitrogen and oxygen atoms in total. The quantitative estimate of drug-likeness (QED) is 0.420. The Hall–Kier alpha value is -1.97. The molecule has 3 rings (SSSR count). The maximum atomic E-state index is 13.3. The number of rotatable bonds is 4. The van der Waals surface area contributed by atoms with Gasteiger partial charge in [0, 0.05) is 44.9 Å². The van der Waals surface area contributed by atoms with Gasteiger partial charge in [0.05, 0.1) is 6.54 Å². The minimum Gasteiger partial charge on any atom is -0.472 e. The van der Waals surface area contributed by atoms with E-state index in [1.807, 2.05) is 18.2 Å². The first-order valence-electron chi connectivity index (χ1n) is 8.12. The van der Waals surface area contributed by atoms with Gasteiger partial charge in [0.1, 0.15) is 17.7 Å². The Kier molecular flexibility index (Phi) is 7.55. The number of aromatic nitrogens is 1. The predicted molar refractivity (Wildman–Crippen MR) is 107 cm³/mol. The molecule has 0 spiro atoms. The summed E-state index contributed by atoms with van der Waals surface area (Å²) in [4.78, 5) is 10.5. The zero-order valence-corrected chi connectivity index (χ0v) is 16.7. The number of hydrogen-bond donors (Lipinski definition) is 1. The predicted octanol–water partition coefficient (Wildman–Crippen LogP) is 3.21. The topological polar surface area (TPSA) is 49.8 Å². The number of benzene rings is 1. The Morgan fingerprint density at radius 1 is 1.31 bits per heavy atom. The fourth-order valence-electron chi connectivity index (χ4n) is 2.83. The summed E-state index contributed by atoms with van der Waals surface area (Å²) in [5.74, 6) is 0.109. The Morgan fingerprint density at radius 2 is 2.08 bits per heavy atom. The SMILES string of the molecule is CN=C(NCc1cc(F)cc(F)c1)N1CCC(Oc2ccccn2)C1.I. The summed E-state index contributed by atoms with van der Waals surface area (Å²) in [5.41, 5.74) is 0.527. The van der Waals surface area contributed by atoms with Crippen molar-refractivity contribution in [2.24, 2.45) is 4.99 Å². The van der Waals surface area contributed by atoms with Crippen LogP contribution in [0.5, 0.6) is 5.88 Å². The van der Waals surface area contributed by atoms with E-state index in [9.17, 15) is 8.78 Å². The second kappa shape index (κ2) is 9.65. The lowest BCUT2D eigenvalue weighted by Gasteiger charge is -2.21. The first kappa shape index (κ1) is 20.3. The molecule has 1 unspecified atom stereocenters. The van der Waals surface area contributed by atoms with Gasteiger partial charge in [0.25, 0.3) is 0 Å². The smallest absolute Gasteiger partial charge is 0.213 e. The molecule has 1 aliphatic heterocycles. The van der Waals surface area contributed by atoms with Gasteiger partial charge in [-0.15, -0.1) is 24.0 Å². The van der Waals surface area contributed by atoms with Crippen molar-refractivity contribution >= 4 is 29.9 Å². The van der Waals surface area contributed by atoms with Crippen LogP contribution in [-0.4, -0.2) is 42.1 Å². The summed E-state index contributed by atoms with van der Waals surface area (Å²) >= 11 is 0. The maximum absolute atomic E-state index is 13.3. The third-order valence-electron chi connectivity index (χ3n) is 3.95. The van der Waals surface area contributed by atoms with Gasteiger partial charge in [0.2, 0.25) is 5.88 Å². The summed E-state index contributed by atoms with van der Waals surface area (Å²) in [7, 11) is 1.68. The monoisotopic (exact) mass is 474 g/mol. The van der Waals surface area contributed by atoms with Crippen molar-refractivity contribution in [3.8, 4) is 5.88 Å². The van der Waals surface area contributed by atoms with Crippen molar-refractivity contribution in [1.29, 1.82) is 0 Å². The van der Waals surface area contributed by atoms with E-state index >= 15 is 0 Å². The third-order valence-corrected chi connectivity index (χ3v) is 3.95. The van der Waals surface area contributed by atoms with Crippen LogP contribution in [0.25, 0.3) is 0 Å². The standard InChI is InChI=1S/C18H20F2N4O.HI/c1-21-18(23-11-13-8-14(19)10-15(20)9-13)24-7-5-16(12-24)25-17-4-2-3-6-22-17;/h2-4,6,8-10,16H,5,7,11-12H2,1H3,(H,21,23);1H. The highest BCUT2D eigenvalue weighted by Crippen LogP contribution is 2.16. The first-order valence-corrected chi connectivity index (χ1v) is 8.12. The number of likely N-dealkylation sites (tertiary alicyclic amines) is 1. The van der Waals surface area contributed by atoms with Crippen LogP contribution >= 0.6 is 24.0 Å². The van der Waals surface area contributed by atoms with E-state index in [0.29, 0.717) is 30.5 Å². The number of pyridine rings is 1. The van der Waals surface area contributed by atoms with Gasteiger partial charge in [0.15, 0.2) is 5.96 Å². The molecule has 1 aliphatic rings. The van der Waals surface area contributed by atoms with Crippen LogP contribution in [0.2, 0.25) is 0 Å². The van der Waals surface area contributed by atoms with Gasteiger partial charge in [-0.05, 0) is 23.8 Å². The minimum absolute atomic E-state index is 0. The van der Waals surface area contributed by atoms with Gasteiger partial charge in [-0.25, -0.2) is 13.8 Å². The average Bonchev–Trinajstić information content (AvgIpc) is 3.04. The molecule has 140 valence electrons. The maximum Gasteiger partial charge on any atom is 0.213 e. The first-order chi connectivity index (χ1) is 12.1. The summed E-state index contributed by atoms with van der Waals surface area (Å²) in [5, 5.41) is 3.14. The van der Waals surface area contributed by atoms with Crippen molar-refractivity contribution in [3.63, 3.8) is 0 Å². The van der Waals surface area contributed by atoms with E-state index in [1.165, 1.54) is 12.1 Å². The largest absolute Gasteiger partial charge is 0.472 e. The molecule has 0 bridgehead atoms. The highest BCUT2D eigenvalue weighted by molar-refractivity contribution is 14.0. The summed E-state index contributed by atoms with van der Waals surface area (Å²) in [6, 6.07) is 9.02. The van der Waals surface area contributed by atoms with E-state index in [0.717, 1.165) is 19.0 Å². The van der Waals surface area contributed by atoms with Crippen LogP contribution in [0.4, 0.5) is 8.78 Å². The molecule has 1 atom stereocenters. The highest BCUT2D eigenvalue weighted by atomic mass is 127. The lowest BCUT2D eigenvalue weighted by molar-refractivity contribution is 0.205. The van der Waals surface area contributed by atoms with Crippen LogP contribution in [0.15, 0.2) is 47.6 Å². The number of guanidine groups is 1. The minimum atomic E-state index is -0.586. The number of hydrogen-bond acceptors (Lipinski definition) is 3. The van der Waals surface area contributed by atoms with Crippen LogP contribution in [-0.2, 0) is 6.54 Å². The normalized spacial score (nSPS) is 17.0. The number of nitrogens with one attached hydrogen (secondary N) is 1. The molecule has 0 saturated carbocycles. The van der Waals surface area contributed by atoms with Crippen LogP contribution in [0, 0.1) is 11.6 Å². The number of nitrogens with zero attached hydrogens (tertiary/aromatic N) is 3. The van der Waals surface area contributed by atoms with Gasteiger partial charge < -0.3 is 15.0 Å². The van der Waals surface area contributed by atoms with Gasteiger partial charge in [-0.1, -0.05) is 6.07 Å². The molecule has 1 aromatic carbocycles. The van der Waals surface area contributed by atoms with E-state index in [4.69, 9.17) is 4.74 Å². The lowest BCUT2D eigenvalue weighted by Crippen LogP contribution is -2.40. The lowest BCUT2D eigenvalue weighted by atomic mass is 10.2. The van der Waals surface area contributed by atoms with Crippen LogP contribution in [0.3, 0.4) is 0 Å². The van der Waals surface area contributed by atoms with Crippen molar-refractivity contribution in [3.05, 3.63) is 59.8 Å². The molecule has 0 aliphatic carbocycles. The van der Waals surface area contributed by atoms with E-state index in [-0.39, 0.29) is 30.1 Å².